The Kier molecular flexibility index (Phi) is 11.1. The van der Waals surface area contributed by atoms with Crippen LogP contribution in [0.2, 0.25) is 18.1 Å². The van der Waals surface area contributed by atoms with Crippen LogP contribution in [0.1, 0.15) is 53.4 Å². The van der Waals surface area contributed by atoms with E-state index in [-0.39, 0.29) is 41.3 Å². The van der Waals surface area contributed by atoms with E-state index in [1.54, 1.807) is 0 Å². The Labute approximate surface area is 183 Å². The molecule has 0 aromatic rings. The Bertz CT molecular complexity index is 494. The molecule has 1 saturated heterocycles. The Balaban J connectivity index is 3.13. The molecule has 0 bridgehead atoms. The number of nitrogens with two attached hydrogens (primary N) is 1. The number of carbonyl (C=O) groups excluding carboxylic acids is 1. The topological polar surface area (TPSA) is 80.0 Å². The number of halogens is 1. The molecule has 172 valence electrons. The quantitative estimate of drug-likeness (QED) is 0.206. The summed E-state index contributed by atoms with van der Waals surface area (Å²) in [5.74, 6) is 0.0702. The van der Waals surface area contributed by atoms with E-state index in [2.05, 4.69) is 33.9 Å². The van der Waals surface area contributed by atoms with E-state index in [0.29, 0.717) is 25.5 Å². The summed E-state index contributed by atoms with van der Waals surface area (Å²) >= 11 is 5.91. The number of esters is 1. The summed E-state index contributed by atoms with van der Waals surface area (Å²) in [6.07, 6.45) is 2.63. The third-order valence-electron chi connectivity index (χ3n) is 6.23. The average Bonchev–Trinajstić information content (AvgIpc) is 3.16. The van der Waals surface area contributed by atoms with Crippen LogP contribution in [-0.2, 0) is 23.4 Å². The van der Waals surface area contributed by atoms with Crippen LogP contribution in [-0.4, -0.2) is 58.9 Å². The molecule has 1 aliphatic rings. The van der Waals surface area contributed by atoms with Crippen molar-refractivity contribution in [1.29, 1.82) is 0 Å². The van der Waals surface area contributed by atoms with Gasteiger partial charge in [-0.25, -0.2) is 0 Å². The highest BCUT2D eigenvalue weighted by Gasteiger charge is 2.45. The molecular weight excluding hydrogens is 410 g/mol. The van der Waals surface area contributed by atoms with Crippen LogP contribution in [0.25, 0.3) is 0 Å². The van der Waals surface area contributed by atoms with Crippen LogP contribution in [0.3, 0.4) is 0 Å². The number of carbonyl (C=O) groups is 1. The maximum atomic E-state index is 12.0. The van der Waals surface area contributed by atoms with E-state index < -0.39 is 8.32 Å². The van der Waals surface area contributed by atoms with Crippen LogP contribution < -0.4 is 5.73 Å². The average molecular weight is 452 g/mol. The van der Waals surface area contributed by atoms with E-state index in [4.69, 9.17) is 36.0 Å². The number of hydrogen-bond donors (Lipinski definition) is 1. The van der Waals surface area contributed by atoms with E-state index in [0.717, 1.165) is 19.3 Å². The first-order valence-corrected chi connectivity index (χ1v) is 14.2. The molecule has 0 aliphatic carbocycles. The van der Waals surface area contributed by atoms with Gasteiger partial charge < -0.3 is 24.4 Å². The Morgan fingerprint density at radius 2 is 1.83 bits per heavy atom. The Hall–Kier alpha value is -0.183. The molecule has 6 nitrogen and oxygen atoms in total. The van der Waals surface area contributed by atoms with Crippen molar-refractivity contribution in [2.24, 2.45) is 17.6 Å². The first kappa shape index (κ1) is 26.9. The first-order chi connectivity index (χ1) is 13.4. The van der Waals surface area contributed by atoms with Crippen molar-refractivity contribution in [3.05, 3.63) is 0 Å². The summed E-state index contributed by atoms with van der Waals surface area (Å²) in [6, 6.07) is -0.327. The summed E-state index contributed by atoms with van der Waals surface area (Å²) < 4.78 is 23.5. The van der Waals surface area contributed by atoms with Gasteiger partial charge in [0.1, 0.15) is 0 Å². The third-order valence-corrected chi connectivity index (χ3v) is 11.0. The minimum atomic E-state index is -2.11. The van der Waals surface area contributed by atoms with E-state index >= 15 is 0 Å². The molecule has 8 heteroatoms. The molecule has 1 rings (SSSR count). The molecule has 0 radical (unpaired) electrons. The summed E-state index contributed by atoms with van der Waals surface area (Å²) in [4.78, 5) is 12.0. The molecule has 1 heterocycles. The predicted octanol–water partition coefficient (Wildman–Crippen LogP) is 4.30. The zero-order valence-corrected chi connectivity index (χ0v) is 21.1. The maximum absolute atomic E-state index is 12.0. The molecule has 29 heavy (non-hydrogen) atoms. The van der Waals surface area contributed by atoms with Crippen molar-refractivity contribution < 1.29 is 23.4 Å². The zero-order valence-electron chi connectivity index (χ0n) is 19.3. The van der Waals surface area contributed by atoms with Crippen LogP contribution in [0.15, 0.2) is 0 Å². The van der Waals surface area contributed by atoms with Gasteiger partial charge in [0, 0.05) is 17.8 Å². The molecule has 1 aliphatic heterocycles. The lowest BCUT2D eigenvalue weighted by Gasteiger charge is -2.44. The van der Waals surface area contributed by atoms with Gasteiger partial charge in [0.2, 0.25) is 0 Å². The number of hydrogen-bond acceptors (Lipinski definition) is 6. The standard InChI is InChI=1S/C21H42ClNO5Si/c1-15(19(24)25-5)14-17(23)18(28-29(6,7)21(2,3)4)16(10-8-9-11-22)20-26-12-13-27-20/h15-18,20H,8-14,23H2,1-7H3/t15-,16-,17+,18?/m1/s1. The van der Waals surface area contributed by atoms with Crippen LogP contribution in [0, 0.1) is 11.8 Å². The third kappa shape index (κ3) is 8.11. The summed E-state index contributed by atoms with van der Waals surface area (Å²) in [7, 11) is -0.706. The zero-order chi connectivity index (χ0) is 22.2. The van der Waals surface area contributed by atoms with E-state index in [1.807, 2.05) is 6.92 Å². The molecule has 1 unspecified atom stereocenters. The molecular formula is C21H42ClNO5Si. The second-order valence-corrected chi connectivity index (χ2v) is 14.8. The fourth-order valence-corrected chi connectivity index (χ4v) is 4.98. The molecule has 2 N–H and O–H groups in total. The highest BCUT2D eigenvalue weighted by molar-refractivity contribution is 6.74. The molecule has 4 atom stereocenters. The highest BCUT2D eigenvalue weighted by Crippen LogP contribution is 2.40. The molecule has 0 saturated carbocycles. The van der Waals surface area contributed by atoms with Crippen molar-refractivity contribution in [3.8, 4) is 0 Å². The number of methoxy groups -OCH3 is 1. The smallest absolute Gasteiger partial charge is 0.308 e. The van der Waals surface area contributed by atoms with Crippen LogP contribution >= 0.6 is 11.6 Å². The van der Waals surface area contributed by atoms with Gasteiger partial charge in [0.25, 0.3) is 0 Å². The van der Waals surface area contributed by atoms with Crippen molar-refractivity contribution in [2.75, 3.05) is 26.2 Å². The second kappa shape index (κ2) is 12.0. The van der Waals surface area contributed by atoms with Gasteiger partial charge >= 0.3 is 5.97 Å². The molecule has 0 aromatic carbocycles. The highest BCUT2D eigenvalue weighted by atomic mass is 35.5. The fourth-order valence-electron chi connectivity index (χ4n) is 3.40. The molecule has 1 fully saturated rings. The maximum Gasteiger partial charge on any atom is 0.308 e. The number of unbranched alkanes of at least 4 members (excludes halogenated alkanes) is 1. The van der Waals surface area contributed by atoms with E-state index in [1.165, 1.54) is 7.11 Å². The first-order valence-electron chi connectivity index (χ1n) is 10.7. The van der Waals surface area contributed by atoms with Gasteiger partial charge in [-0.1, -0.05) is 34.1 Å². The number of ether oxygens (including phenoxy) is 3. The largest absolute Gasteiger partial charge is 0.469 e. The van der Waals surface area contributed by atoms with Crippen molar-refractivity contribution in [3.63, 3.8) is 0 Å². The monoisotopic (exact) mass is 451 g/mol. The van der Waals surface area contributed by atoms with E-state index in [9.17, 15) is 4.79 Å². The summed E-state index contributed by atoms with van der Waals surface area (Å²) in [5, 5.41) is 0.0387. The SMILES string of the molecule is COC(=O)[C@H](C)C[C@H](N)C(O[Si](C)(C)C(C)(C)C)[C@@H](CCCCCl)C1OCCO1. The molecule has 0 spiro atoms. The van der Waals surface area contributed by atoms with Gasteiger partial charge in [-0.15, -0.1) is 11.6 Å². The van der Waals surface area contributed by atoms with Crippen LogP contribution in [0.5, 0.6) is 0 Å². The fraction of sp³-hybridized carbons (Fsp3) is 0.952. The van der Waals surface area contributed by atoms with Crippen molar-refractivity contribution >= 4 is 25.9 Å². The lowest BCUT2D eigenvalue weighted by Crippen LogP contribution is -2.54. The Morgan fingerprint density at radius 1 is 1.24 bits per heavy atom. The number of rotatable bonds is 12. The van der Waals surface area contributed by atoms with Gasteiger partial charge in [-0.2, -0.15) is 0 Å². The summed E-state index contributed by atoms with van der Waals surface area (Å²) in [5.41, 5.74) is 6.69. The normalized spacial score (nSPS) is 20.3. The minimum absolute atomic E-state index is 0.00492. The minimum Gasteiger partial charge on any atom is -0.469 e. The van der Waals surface area contributed by atoms with Gasteiger partial charge in [-0.3, -0.25) is 4.79 Å². The summed E-state index contributed by atoms with van der Waals surface area (Å²) in [6.45, 7) is 14.1. The van der Waals surface area contributed by atoms with Crippen LogP contribution in [0.4, 0.5) is 0 Å². The van der Waals surface area contributed by atoms with Crippen molar-refractivity contribution in [1.82, 2.24) is 0 Å². The predicted molar refractivity (Wildman–Crippen MR) is 120 cm³/mol. The molecule has 0 amide bonds. The molecule has 0 aromatic heterocycles. The van der Waals surface area contributed by atoms with Gasteiger partial charge in [-0.05, 0) is 37.4 Å². The Morgan fingerprint density at radius 3 is 2.31 bits per heavy atom. The van der Waals surface area contributed by atoms with Crippen molar-refractivity contribution in [2.45, 2.75) is 89.9 Å². The lowest BCUT2D eigenvalue weighted by molar-refractivity contribution is -0.146. The van der Waals surface area contributed by atoms with Gasteiger partial charge in [0.15, 0.2) is 14.6 Å². The second-order valence-electron chi connectivity index (χ2n) is 9.63. The number of alkyl halides is 1. The van der Waals surface area contributed by atoms with Gasteiger partial charge in [0.05, 0.1) is 32.3 Å². The lowest BCUT2D eigenvalue weighted by atomic mass is 9.87.